The lowest BCUT2D eigenvalue weighted by Gasteiger charge is -2.36. The van der Waals surface area contributed by atoms with Gasteiger partial charge in [0.15, 0.2) is 0 Å². The summed E-state index contributed by atoms with van der Waals surface area (Å²) < 4.78 is 0.888. The van der Waals surface area contributed by atoms with Crippen molar-refractivity contribution in [1.82, 2.24) is 14.8 Å². The van der Waals surface area contributed by atoms with Gasteiger partial charge in [0.1, 0.15) is 0 Å². The molecule has 3 aromatic rings. The van der Waals surface area contributed by atoms with E-state index in [4.69, 9.17) is 0 Å². The van der Waals surface area contributed by atoms with Crippen molar-refractivity contribution in [2.75, 3.05) is 26.7 Å². The van der Waals surface area contributed by atoms with Crippen molar-refractivity contribution in [3.8, 4) is 11.3 Å². The summed E-state index contributed by atoms with van der Waals surface area (Å²) in [7, 11) is 1.93. The number of carbonyl (C=O) groups excluding carboxylic acids is 1. The highest BCUT2D eigenvalue weighted by atomic mass is 79.9. The quantitative estimate of drug-likeness (QED) is 0.549. The second kappa shape index (κ2) is 8.83. The Hall–Kier alpha value is -2.44. The van der Waals surface area contributed by atoms with Crippen molar-refractivity contribution in [2.45, 2.75) is 31.7 Å². The molecule has 5 nitrogen and oxygen atoms in total. The van der Waals surface area contributed by atoms with Crippen LogP contribution in [-0.4, -0.2) is 53.4 Å². The Balaban J connectivity index is 1.29. The summed E-state index contributed by atoms with van der Waals surface area (Å²) in [4.78, 5) is 33.0. The van der Waals surface area contributed by atoms with Crippen LogP contribution < -0.4 is 5.56 Å². The maximum Gasteiger partial charge on any atom is 0.256 e. The SMILES string of the molecule is CN(C(=O)c1ccc(-c2cc3c(Br)cccc3c(=O)[nH]2)cc1)C1CCN(CC2CC2)CC1. The summed E-state index contributed by atoms with van der Waals surface area (Å²) in [6.45, 7) is 3.41. The lowest BCUT2D eigenvalue weighted by molar-refractivity contribution is 0.0639. The molecule has 2 aromatic carbocycles. The van der Waals surface area contributed by atoms with Crippen LogP contribution in [-0.2, 0) is 0 Å². The van der Waals surface area contributed by atoms with E-state index in [1.165, 1.54) is 19.4 Å². The Labute approximate surface area is 196 Å². The lowest BCUT2D eigenvalue weighted by atomic mass is 10.0. The van der Waals surface area contributed by atoms with Gasteiger partial charge >= 0.3 is 0 Å². The smallest absolute Gasteiger partial charge is 0.256 e. The van der Waals surface area contributed by atoms with Crippen LogP contribution >= 0.6 is 15.9 Å². The first-order valence-corrected chi connectivity index (χ1v) is 12.2. The lowest BCUT2D eigenvalue weighted by Crippen LogP contribution is -2.46. The van der Waals surface area contributed by atoms with Crippen molar-refractivity contribution in [3.63, 3.8) is 0 Å². The molecule has 0 spiro atoms. The molecule has 1 saturated carbocycles. The number of hydrogen-bond donors (Lipinski definition) is 1. The Kier molecular flexibility index (Phi) is 5.91. The Bertz CT molecular complexity index is 1190. The van der Waals surface area contributed by atoms with Gasteiger partial charge in [-0.1, -0.05) is 34.1 Å². The minimum Gasteiger partial charge on any atom is -0.339 e. The predicted molar refractivity (Wildman–Crippen MR) is 132 cm³/mol. The Morgan fingerprint density at radius 2 is 1.78 bits per heavy atom. The van der Waals surface area contributed by atoms with Gasteiger partial charge in [-0.05, 0) is 67.5 Å². The number of piperidine rings is 1. The molecule has 32 heavy (non-hydrogen) atoms. The van der Waals surface area contributed by atoms with Crippen LogP contribution in [0.4, 0.5) is 0 Å². The normalized spacial score (nSPS) is 17.6. The van der Waals surface area contributed by atoms with Gasteiger partial charge in [-0.25, -0.2) is 0 Å². The average molecular weight is 494 g/mol. The zero-order chi connectivity index (χ0) is 22.2. The third kappa shape index (κ3) is 4.39. The number of aromatic amines is 1. The van der Waals surface area contributed by atoms with Gasteiger partial charge in [0.05, 0.1) is 0 Å². The van der Waals surface area contributed by atoms with Crippen LogP contribution in [0.15, 0.2) is 57.8 Å². The van der Waals surface area contributed by atoms with Crippen LogP contribution in [0.5, 0.6) is 0 Å². The Morgan fingerprint density at radius 1 is 1.06 bits per heavy atom. The standard InChI is InChI=1S/C26H28BrN3O2/c1-29(20-11-13-30(14-12-20)16-17-5-6-17)26(32)19-9-7-18(8-10-19)24-15-22-21(25(31)28-24)3-2-4-23(22)27/h2-4,7-10,15,17,20H,5-6,11-14,16H2,1H3,(H,28,31). The summed E-state index contributed by atoms with van der Waals surface area (Å²) in [6, 6.07) is 15.4. The van der Waals surface area contributed by atoms with Gasteiger partial charge < -0.3 is 14.8 Å². The third-order valence-corrected chi connectivity index (χ3v) is 7.61. The monoisotopic (exact) mass is 493 g/mol. The highest BCUT2D eigenvalue weighted by molar-refractivity contribution is 9.10. The van der Waals surface area contributed by atoms with Gasteiger partial charge in [-0.2, -0.15) is 0 Å². The number of likely N-dealkylation sites (tertiary alicyclic amines) is 1. The topological polar surface area (TPSA) is 56.4 Å². The van der Waals surface area contributed by atoms with E-state index in [9.17, 15) is 9.59 Å². The Morgan fingerprint density at radius 3 is 2.47 bits per heavy atom. The molecule has 6 heteroatoms. The van der Waals surface area contributed by atoms with Gasteiger partial charge in [0.25, 0.3) is 11.5 Å². The molecule has 1 N–H and O–H groups in total. The van der Waals surface area contributed by atoms with Crippen LogP contribution in [0.3, 0.4) is 0 Å². The number of carbonyl (C=O) groups is 1. The summed E-state index contributed by atoms with van der Waals surface area (Å²) in [5.74, 6) is 0.982. The van der Waals surface area contributed by atoms with E-state index in [1.54, 1.807) is 0 Å². The van der Waals surface area contributed by atoms with Crippen molar-refractivity contribution in [1.29, 1.82) is 0 Å². The zero-order valence-corrected chi connectivity index (χ0v) is 19.9. The molecule has 1 aliphatic carbocycles. The molecular weight excluding hydrogens is 466 g/mol. The molecule has 0 bridgehead atoms. The van der Waals surface area contributed by atoms with Crippen LogP contribution in [0, 0.1) is 5.92 Å². The first-order valence-electron chi connectivity index (χ1n) is 11.4. The number of rotatable bonds is 5. The highest BCUT2D eigenvalue weighted by Gasteiger charge is 2.29. The van der Waals surface area contributed by atoms with Gasteiger partial charge in [0.2, 0.25) is 0 Å². The van der Waals surface area contributed by atoms with Crippen LogP contribution in [0.1, 0.15) is 36.0 Å². The molecule has 5 rings (SSSR count). The highest BCUT2D eigenvalue weighted by Crippen LogP contribution is 2.31. The molecule has 2 fully saturated rings. The second-order valence-corrected chi connectivity index (χ2v) is 10.0. The fraction of sp³-hybridized carbons (Fsp3) is 0.385. The van der Waals surface area contributed by atoms with Crippen LogP contribution in [0.25, 0.3) is 22.0 Å². The summed E-state index contributed by atoms with van der Waals surface area (Å²) >= 11 is 3.53. The fourth-order valence-electron chi connectivity index (χ4n) is 4.72. The molecule has 2 aliphatic rings. The molecule has 1 aromatic heterocycles. The van der Waals surface area contributed by atoms with Crippen molar-refractivity contribution < 1.29 is 4.79 Å². The average Bonchev–Trinajstić information content (AvgIpc) is 3.63. The van der Waals surface area contributed by atoms with Crippen molar-refractivity contribution in [2.24, 2.45) is 5.92 Å². The number of aromatic nitrogens is 1. The number of fused-ring (bicyclic) bond motifs is 1. The molecule has 1 saturated heterocycles. The van der Waals surface area contributed by atoms with E-state index in [0.29, 0.717) is 17.0 Å². The van der Waals surface area contributed by atoms with E-state index in [2.05, 4.69) is 25.8 Å². The summed E-state index contributed by atoms with van der Waals surface area (Å²) in [5, 5.41) is 1.53. The zero-order valence-electron chi connectivity index (χ0n) is 18.3. The first kappa shape index (κ1) is 21.4. The number of benzene rings is 2. The summed E-state index contributed by atoms with van der Waals surface area (Å²) in [6.07, 6.45) is 4.86. The number of pyridine rings is 1. The predicted octanol–water partition coefficient (Wildman–Crippen LogP) is 4.90. The number of halogens is 1. The van der Waals surface area contributed by atoms with Crippen molar-refractivity contribution in [3.05, 3.63) is 68.9 Å². The van der Waals surface area contributed by atoms with Gasteiger partial charge in [0, 0.05) is 59.2 Å². The largest absolute Gasteiger partial charge is 0.339 e. The van der Waals surface area contributed by atoms with E-state index in [-0.39, 0.29) is 11.5 Å². The number of hydrogen-bond acceptors (Lipinski definition) is 3. The van der Waals surface area contributed by atoms with E-state index < -0.39 is 0 Å². The minimum atomic E-state index is -0.119. The molecule has 2 heterocycles. The molecule has 1 aliphatic heterocycles. The minimum absolute atomic E-state index is 0.0620. The second-order valence-electron chi connectivity index (χ2n) is 9.18. The molecule has 0 radical (unpaired) electrons. The molecule has 0 unspecified atom stereocenters. The van der Waals surface area contributed by atoms with Crippen molar-refractivity contribution >= 4 is 32.6 Å². The number of nitrogens with zero attached hydrogens (tertiary/aromatic N) is 2. The molecule has 1 amide bonds. The molecular formula is C26H28BrN3O2. The fourth-order valence-corrected chi connectivity index (χ4v) is 5.20. The maximum absolute atomic E-state index is 13.1. The molecule has 166 valence electrons. The van der Waals surface area contributed by atoms with E-state index >= 15 is 0 Å². The maximum atomic E-state index is 13.1. The van der Waals surface area contributed by atoms with Gasteiger partial charge in [-0.15, -0.1) is 0 Å². The number of nitrogens with one attached hydrogen (secondary N) is 1. The van der Waals surface area contributed by atoms with Crippen LogP contribution in [0.2, 0.25) is 0 Å². The summed E-state index contributed by atoms with van der Waals surface area (Å²) in [5.41, 5.74) is 2.19. The van der Waals surface area contributed by atoms with Gasteiger partial charge in [-0.3, -0.25) is 9.59 Å². The van der Waals surface area contributed by atoms with E-state index in [0.717, 1.165) is 53.0 Å². The first-order chi connectivity index (χ1) is 15.5. The number of amides is 1. The molecule has 0 atom stereocenters. The van der Waals surface area contributed by atoms with E-state index in [1.807, 2.05) is 60.5 Å². The third-order valence-electron chi connectivity index (χ3n) is 6.92. The number of H-pyrrole nitrogens is 1.